The molecule has 182 valence electrons. The van der Waals surface area contributed by atoms with Gasteiger partial charge in [-0.05, 0) is 50.2 Å². The van der Waals surface area contributed by atoms with E-state index in [-0.39, 0.29) is 29.5 Å². The lowest BCUT2D eigenvalue weighted by Crippen LogP contribution is -2.23. The number of halogens is 1. The first-order valence-corrected chi connectivity index (χ1v) is 12.7. The number of carbonyl (C=O) groups excluding carboxylic acids is 1. The molecular formula is C24H25BrN6O3S. The summed E-state index contributed by atoms with van der Waals surface area (Å²) in [5, 5.41) is 11.8. The minimum Gasteiger partial charge on any atom is -0.486 e. The van der Waals surface area contributed by atoms with Gasteiger partial charge >= 0.3 is 0 Å². The molecule has 0 atom stereocenters. The van der Waals surface area contributed by atoms with Crippen molar-refractivity contribution in [2.45, 2.75) is 32.2 Å². The van der Waals surface area contributed by atoms with E-state index in [1.54, 1.807) is 18.7 Å². The van der Waals surface area contributed by atoms with Crippen molar-refractivity contribution >= 4 is 39.3 Å². The van der Waals surface area contributed by atoms with Crippen molar-refractivity contribution in [1.82, 2.24) is 24.1 Å². The number of anilines is 1. The van der Waals surface area contributed by atoms with E-state index in [1.165, 1.54) is 16.4 Å². The molecule has 11 heteroatoms. The molecule has 2 aromatic carbocycles. The van der Waals surface area contributed by atoms with E-state index in [0.717, 1.165) is 15.9 Å². The van der Waals surface area contributed by atoms with E-state index in [2.05, 4.69) is 31.4 Å². The van der Waals surface area contributed by atoms with Gasteiger partial charge in [-0.15, -0.1) is 10.2 Å². The number of benzene rings is 2. The number of para-hydroxylation sites is 1. The highest BCUT2D eigenvalue weighted by molar-refractivity contribution is 9.10. The third-order valence-electron chi connectivity index (χ3n) is 5.44. The first-order chi connectivity index (χ1) is 16.9. The van der Waals surface area contributed by atoms with Gasteiger partial charge in [0.2, 0.25) is 5.91 Å². The van der Waals surface area contributed by atoms with Gasteiger partial charge in [-0.2, -0.15) is 0 Å². The minimum absolute atomic E-state index is 0.0881. The normalized spacial score (nSPS) is 11.0. The van der Waals surface area contributed by atoms with Crippen molar-refractivity contribution in [3.8, 4) is 11.4 Å². The molecule has 0 aliphatic heterocycles. The number of hydrogen-bond acceptors (Lipinski definition) is 6. The monoisotopic (exact) mass is 556 g/mol. The molecule has 0 aliphatic carbocycles. The average molecular weight is 557 g/mol. The van der Waals surface area contributed by atoms with Crippen LogP contribution in [0.5, 0.6) is 5.75 Å². The van der Waals surface area contributed by atoms with E-state index in [0.29, 0.717) is 23.2 Å². The van der Waals surface area contributed by atoms with Gasteiger partial charge in [-0.3, -0.25) is 14.3 Å². The maximum atomic E-state index is 13.0. The minimum atomic E-state index is -0.292. The van der Waals surface area contributed by atoms with Crippen LogP contribution in [-0.2, 0) is 25.0 Å². The van der Waals surface area contributed by atoms with E-state index >= 15 is 0 Å². The van der Waals surface area contributed by atoms with Gasteiger partial charge in [0.25, 0.3) is 5.56 Å². The number of amides is 1. The molecule has 4 rings (SSSR count). The molecule has 0 radical (unpaired) electrons. The van der Waals surface area contributed by atoms with Gasteiger partial charge in [-0.1, -0.05) is 45.9 Å². The Bertz CT molecular complexity index is 1380. The van der Waals surface area contributed by atoms with Crippen LogP contribution >= 0.6 is 27.7 Å². The van der Waals surface area contributed by atoms with Crippen LogP contribution in [0.3, 0.4) is 0 Å². The summed E-state index contributed by atoms with van der Waals surface area (Å²) < 4.78 is 12.0. The molecule has 2 aromatic heterocycles. The quantitative estimate of drug-likeness (QED) is 0.311. The van der Waals surface area contributed by atoms with Crippen LogP contribution in [0.1, 0.15) is 18.4 Å². The van der Waals surface area contributed by atoms with Crippen LogP contribution in [0.25, 0.3) is 5.69 Å². The third-order valence-corrected chi connectivity index (χ3v) is 6.94. The second-order valence-electron chi connectivity index (χ2n) is 7.66. The molecule has 0 unspecified atom stereocenters. The SMILES string of the molecule is CCn1c(COc2ccc(Br)cc2)nnc1SCC(=O)Nc1c(C)n(C)n(-c2ccccc2)c1=O. The number of rotatable bonds is 9. The van der Waals surface area contributed by atoms with Crippen LogP contribution < -0.4 is 15.6 Å². The molecule has 0 fully saturated rings. The second-order valence-corrected chi connectivity index (χ2v) is 9.52. The molecule has 35 heavy (non-hydrogen) atoms. The summed E-state index contributed by atoms with van der Waals surface area (Å²) >= 11 is 4.67. The summed E-state index contributed by atoms with van der Waals surface area (Å²) in [6, 6.07) is 16.9. The number of thioether (sulfide) groups is 1. The number of ether oxygens (including phenoxy) is 1. The highest BCUT2D eigenvalue weighted by Gasteiger charge is 2.19. The lowest BCUT2D eigenvalue weighted by Gasteiger charge is -2.09. The van der Waals surface area contributed by atoms with Crippen LogP contribution in [0, 0.1) is 6.92 Å². The van der Waals surface area contributed by atoms with Gasteiger partial charge < -0.3 is 14.6 Å². The molecule has 1 N–H and O–H groups in total. The van der Waals surface area contributed by atoms with E-state index in [4.69, 9.17) is 4.74 Å². The predicted octanol–water partition coefficient (Wildman–Crippen LogP) is 4.17. The van der Waals surface area contributed by atoms with Crippen molar-refractivity contribution in [3.63, 3.8) is 0 Å². The zero-order valence-electron chi connectivity index (χ0n) is 19.6. The van der Waals surface area contributed by atoms with E-state index in [1.807, 2.05) is 66.1 Å². The summed E-state index contributed by atoms with van der Waals surface area (Å²) in [7, 11) is 1.79. The Morgan fingerprint density at radius 1 is 1.11 bits per heavy atom. The molecule has 0 saturated carbocycles. The fourth-order valence-electron chi connectivity index (χ4n) is 3.55. The van der Waals surface area contributed by atoms with Crippen LogP contribution in [-0.4, -0.2) is 35.8 Å². The number of hydrogen-bond donors (Lipinski definition) is 1. The maximum Gasteiger partial charge on any atom is 0.295 e. The lowest BCUT2D eigenvalue weighted by atomic mass is 10.3. The second kappa shape index (κ2) is 11.0. The number of nitrogens with one attached hydrogen (secondary N) is 1. The van der Waals surface area contributed by atoms with Gasteiger partial charge in [-0.25, -0.2) is 4.68 Å². The molecule has 4 aromatic rings. The predicted molar refractivity (Wildman–Crippen MR) is 139 cm³/mol. The summed E-state index contributed by atoms with van der Waals surface area (Å²) in [5.41, 5.74) is 1.38. The Kier molecular flexibility index (Phi) is 7.76. The van der Waals surface area contributed by atoms with Gasteiger partial charge in [0.05, 0.1) is 17.1 Å². The molecule has 0 aliphatic rings. The molecule has 1 amide bonds. The van der Waals surface area contributed by atoms with Crippen molar-refractivity contribution < 1.29 is 9.53 Å². The van der Waals surface area contributed by atoms with Crippen molar-refractivity contribution in [2.24, 2.45) is 7.05 Å². The van der Waals surface area contributed by atoms with E-state index < -0.39 is 0 Å². The standard InChI is InChI=1S/C24H25BrN6O3S/c1-4-30-20(14-34-19-12-10-17(25)11-13-19)27-28-24(30)35-15-21(32)26-22-16(2)29(3)31(23(22)33)18-8-6-5-7-9-18/h5-13H,4,14-15H2,1-3H3,(H,26,32). The molecular weight excluding hydrogens is 532 g/mol. The molecule has 0 saturated heterocycles. The summed E-state index contributed by atoms with van der Waals surface area (Å²) in [5.74, 6) is 1.19. The van der Waals surface area contributed by atoms with Crippen LogP contribution in [0.15, 0.2) is 69.0 Å². The van der Waals surface area contributed by atoms with Crippen molar-refractivity contribution in [3.05, 3.63) is 80.9 Å². The van der Waals surface area contributed by atoms with Crippen LogP contribution in [0.2, 0.25) is 0 Å². The van der Waals surface area contributed by atoms with Gasteiger partial charge in [0.15, 0.2) is 11.0 Å². The Balaban J connectivity index is 1.41. The Labute approximate surface area is 215 Å². The lowest BCUT2D eigenvalue weighted by molar-refractivity contribution is -0.113. The largest absolute Gasteiger partial charge is 0.486 e. The van der Waals surface area contributed by atoms with Crippen molar-refractivity contribution in [2.75, 3.05) is 11.1 Å². The molecule has 9 nitrogen and oxygen atoms in total. The number of aromatic nitrogens is 5. The maximum absolute atomic E-state index is 13.0. The Hall–Kier alpha value is -3.31. The zero-order chi connectivity index (χ0) is 24.9. The fourth-order valence-corrected chi connectivity index (χ4v) is 4.63. The topological polar surface area (TPSA) is 96.0 Å². The first kappa shape index (κ1) is 24.8. The number of nitrogens with zero attached hydrogens (tertiary/aromatic N) is 5. The van der Waals surface area contributed by atoms with Gasteiger partial charge in [0, 0.05) is 18.1 Å². The molecule has 0 bridgehead atoms. The highest BCUT2D eigenvalue weighted by atomic mass is 79.9. The highest BCUT2D eigenvalue weighted by Crippen LogP contribution is 2.21. The third kappa shape index (κ3) is 5.51. The van der Waals surface area contributed by atoms with Crippen molar-refractivity contribution in [1.29, 1.82) is 0 Å². The summed E-state index contributed by atoms with van der Waals surface area (Å²) in [4.78, 5) is 25.7. The molecule has 2 heterocycles. The number of carbonyl (C=O) groups is 1. The molecule has 0 spiro atoms. The van der Waals surface area contributed by atoms with Gasteiger partial charge in [0.1, 0.15) is 18.0 Å². The zero-order valence-corrected chi connectivity index (χ0v) is 22.0. The summed E-state index contributed by atoms with van der Waals surface area (Å²) in [6.45, 7) is 4.68. The smallest absolute Gasteiger partial charge is 0.295 e. The Morgan fingerprint density at radius 2 is 1.83 bits per heavy atom. The first-order valence-electron chi connectivity index (χ1n) is 11.0. The summed E-state index contributed by atoms with van der Waals surface area (Å²) in [6.07, 6.45) is 0. The Morgan fingerprint density at radius 3 is 2.51 bits per heavy atom. The average Bonchev–Trinajstić information content (AvgIpc) is 3.36. The van der Waals surface area contributed by atoms with E-state index in [9.17, 15) is 9.59 Å². The fraction of sp³-hybridized carbons (Fsp3) is 0.250. The van der Waals surface area contributed by atoms with Crippen LogP contribution in [0.4, 0.5) is 5.69 Å².